The molecular weight excluding hydrogens is 394 g/mol. The second kappa shape index (κ2) is 8.34. The molecule has 0 unspecified atom stereocenters. The quantitative estimate of drug-likeness (QED) is 0.354. The van der Waals surface area contributed by atoms with Gasteiger partial charge in [0.1, 0.15) is 0 Å². The fourth-order valence-corrected chi connectivity index (χ4v) is 3.88. The first-order valence-corrected chi connectivity index (χ1v) is 10.4. The Bertz CT molecular complexity index is 1240. The van der Waals surface area contributed by atoms with Crippen molar-refractivity contribution in [2.45, 2.75) is 10.9 Å². The third-order valence-electron chi connectivity index (χ3n) is 4.50. The van der Waals surface area contributed by atoms with E-state index in [2.05, 4.69) is 24.9 Å². The lowest BCUT2D eigenvalue weighted by Gasteiger charge is -2.09. The van der Waals surface area contributed by atoms with Crippen LogP contribution >= 0.6 is 11.8 Å². The van der Waals surface area contributed by atoms with Gasteiger partial charge in [-0.15, -0.1) is 10.2 Å². The second-order valence-corrected chi connectivity index (χ2v) is 7.45. The van der Waals surface area contributed by atoms with Crippen molar-refractivity contribution in [2.24, 2.45) is 0 Å². The number of aromatic nitrogens is 5. The maximum Gasteiger partial charge on any atom is 0.237 e. The van der Waals surface area contributed by atoms with Crippen molar-refractivity contribution in [3.8, 4) is 28.5 Å². The van der Waals surface area contributed by atoms with E-state index in [9.17, 15) is 0 Å². The number of nitrogens with zero attached hydrogens (tertiary/aromatic N) is 5. The average molecular weight is 411 g/mol. The van der Waals surface area contributed by atoms with Gasteiger partial charge in [0.15, 0.2) is 11.0 Å². The molecule has 0 atom stereocenters. The summed E-state index contributed by atoms with van der Waals surface area (Å²) in [5.41, 5.74) is 2.93. The van der Waals surface area contributed by atoms with E-state index in [-0.39, 0.29) is 0 Å². The lowest BCUT2D eigenvalue weighted by atomic mass is 10.2. The Kier molecular flexibility index (Phi) is 5.10. The van der Waals surface area contributed by atoms with Crippen LogP contribution in [0, 0.1) is 0 Å². The van der Waals surface area contributed by atoms with Crippen molar-refractivity contribution in [1.82, 2.24) is 24.9 Å². The number of rotatable bonds is 6. The van der Waals surface area contributed by atoms with Crippen molar-refractivity contribution in [1.29, 1.82) is 0 Å². The highest BCUT2D eigenvalue weighted by atomic mass is 32.2. The highest BCUT2D eigenvalue weighted by Gasteiger charge is 2.17. The van der Waals surface area contributed by atoms with E-state index in [0.29, 0.717) is 17.5 Å². The lowest BCUT2D eigenvalue weighted by molar-refractivity contribution is 0.391. The lowest BCUT2D eigenvalue weighted by Crippen LogP contribution is -1.99. The van der Waals surface area contributed by atoms with Crippen molar-refractivity contribution in [3.63, 3.8) is 0 Å². The largest absolute Gasteiger partial charge is 0.338 e. The molecule has 0 spiro atoms. The molecule has 0 N–H and O–H groups in total. The van der Waals surface area contributed by atoms with Crippen LogP contribution in [0.5, 0.6) is 0 Å². The van der Waals surface area contributed by atoms with Crippen LogP contribution in [0.3, 0.4) is 0 Å². The molecule has 6 nitrogen and oxygen atoms in total. The third kappa shape index (κ3) is 3.75. The summed E-state index contributed by atoms with van der Waals surface area (Å²) in [6, 6.07) is 29.9. The smallest absolute Gasteiger partial charge is 0.237 e. The van der Waals surface area contributed by atoms with Gasteiger partial charge in [-0.05, 0) is 12.1 Å². The molecule has 5 aromatic rings. The molecule has 0 aliphatic rings. The van der Waals surface area contributed by atoms with E-state index in [1.165, 1.54) is 11.8 Å². The summed E-state index contributed by atoms with van der Waals surface area (Å²) in [6.45, 7) is 0. The zero-order chi connectivity index (χ0) is 20.2. The van der Waals surface area contributed by atoms with Gasteiger partial charge < -0.3 is 4.52 Å². The molecule has 0 aliphatic carbocycles. The first kappa shape index (κ1) is 18.3. The molecule has 2 aromatic heterocycles. The van der Waals surface area contributed by atoms with Crippen LogP contribution in [0.1, 0.15) is 5.89 Å². The standard InChI is InChI=1S/C23H17N5OS/c1-4-10-17(11-5-1)21-24-20(29-27-21)16-30-23-26-25-22(18-12-6-2-7-13-18)28(23)19-14-8-3-9-15-19/h1-15H,16H2. The van der Waals surface area contributed by atoms with Gasteiger partial charge in [0.05, 0.1) is 5.75 Å². The van der Waals surface area contributed by atoms with Crippen LogP contribution in [0.15, 0.2) is 101 Å². The predicted octanol–water partition coefficient (Wildman–Crippen LogP) is 5.28. The Morgan fingerprint density at radius 1 is 0.733 bits per heavy atom. The van der Waals surface area contributed by atoms with E-state index in [0.717, 1.165) is 27.8 Å². The molecule has 0 bridgehead atoms. The number of hydrogen-bond acceptors (Lipinski definition) is 6. The molecule has 0 fully saturated rings. The van der Waals surface area contributed by atoms with Gasteiger partial charge >= 0.3 is 0 Å². The normalized spacial score (nSPS) is 10.9. The van der Waals surface area contributed by atoms with Crippen LogP contribution in [0.25, 0.3) is 28.5 Å². The number of thioether (sulfide) groups is 1. The van der Waals surface area contributed by atoms with Gasteiger partial charge in [0.2, 0.25) is 11.7 Å². The van der Waals surface area contributed by atoms with E-state index in [1.807, 2.05) is 91.0 Å². The SMILES string of the molecule is c1ccc(-c2noc(CSc3nnc(-c4ccccc4)n3-c3ccccc3)n2)cc1. The van der Waals surface area contributed by atoms with Crippen LogP contribution in [-0.4, -0.2) is 24.9 Å². The summed E-state index contributed by atoms with van der Waals surface area (Å²) in [7, 11) is 0. The zero-order valence-electron chi connectivity index (χ0n) is 15.9. The Morgan fingerprint density at radius 3 is 2.07 bits per heavy atom. The summed E-state index contributed by atoms with van der Waals surface area (Å²) in [4.78, 5) is 4.51. The highest BCUT2D eigenvalue weighted by Crippen LogP contribution is 2.29. The summed E-state index contributed by atoms with van der Waals surface area (Å²) in [5.74, 6) is 2.42. The van der Waals surface area contributed by atoms with Gasteiger partial charge in [-0.2, -0.15) is 4.98 Å². The van der Waals surface area contributed by atoms with E-state index in [1.54, 1.807) is 0 Å². The minimum atomic E-state index is 0.500. The van der Waals surface area contributed by atoms with Crippen molar-refractivity contribution < 1.29 is 4.52 Å². The van der Waals surface area contributed by atoms with Gasteiger partial charge in [0, 0.05) is 16.8 Å². The zero-order valence-corrected chi connectivity index (χ0v) is 16.7. The maximum atomic E-state index is 5.44. The van der Waals surface area contributed by atoms with Crippen LogP contribution < -0.4 is 0 Å². The highest BCUT2D eigenvalue weighted by molar-refractivity contribution is 7.98. The average Bonchev–Trinajstić information content (AvgIpc) is 3.47. The van der Waals surface area contributed by atoms with Crippen LogP contribution in [0.4, 0.5) is 0 Å². The molecule has 7 heteroatoms. The van der Waals surface area contributed by atoms with Gasteiger partial charge in [-0.3, -0.25) is 4.57 Å². The third-order valence-corrected chi connectivity index (χ3v) is 5.42. The second-order valence-electron chi connectivity index (χ2n) is 6.51. The Labute approximate surface area is 177 Å². The molecule has 0 amide bonds. The van der Waals surface area contributed by atoms with Crippen LogP contribution in [-0.2, 0) is 5.75 Å². The summed E-state index contributed by atoms with van der Waals surface area (Å²) in [6.07, 6.45) is 0. The topological polar surface area (TPSA) is 69.6 Å². The van der Waals surface area contributed by atoms with Gasteiger partial charge in [-0.1, -0.05) is 95.8 Å². The van der Waals surface area contributed by atoms with E-state index in [4.69, 9.17) is 4.52 Å². The Balaban J connectivity index is 1.44. The fraction of sp³-hybridized carbons (Fsp3) is 0.0435. The van der Waals surface area contributed by atoms with Gasteiger partial charge in [-0.25, -0.2) is 0 Å². The molecule has 3 aromatic carbocycles. The van der Waals surface area contributed by atoms with Crippen LogP contribution in [0.2, 0.25) is 0 Å². The molecular formula is C23H17N5OS. The molecule has 0 saturated heterocycles. The van der Waals surface area contributed by atoms with Crippen molar-refractivity contribution >= 4 is 11.8 Å². The molecule has 30 heavy (non-hydrogen) atoms. The molecule has 5 rings (SSSR count). The Morgan fingerprint density at radius 2 is 1.37 bits per heavy atom. The molecule has 0 saturated carbocycles. The molecule has 2 heterocycles. The first-order chi connectivity index (χ1) is 14.9. The monoisotopic (exact) mass is 411 g/mol. The van der Waals surface area contributed by atoms with E-state index >= 15 is 0 Å². The minimum Gasteiger partial charge on any atom is -0.338 e. The fourth-order valence-electron chi connectivity index (χ4n) is 3.09. The summed E-state index contributed by atoms with van der Waals surface area (Å²) >= 11 is 1.51. The number of para-hydroxylation sites is 1. The predicted molar refractivity (Wildman–Crippen MR) is 116 cm³/mol. The van der Waals surface area contributed by atoms with Gasteiger partial charge in [0.25, 0.3) is 0 Å². The molecule has 0 aliphatic heterocycles. The van der Waals surface area contributed by atoms with Crippen molar-refractivity contribution in [2.75, 3.05) is 0 Å². The molecule has 0 radical (unpaired) electrons. The number of hydrogen-bond donors (Lipinski definition) is 0. The Hall–Kier alpha value is -3.71. The van der Waals surface area contributed by atoms with Crippen molar-refractivity contribution in [3.05, 3.63) is 96.9 Å². The number of benzene rings is 3. The summed E-state index contributed by atoms with van der Waals surface area (Å²) in [5, 5.41) is 13.7. The summed E-state index contributed by atoms with van der Waals surface area (Å²) < 4.78 is 7.49. The maximum absolute atomic E-state index is 5.44. The van der Waals surface area contributed by atoms with E-state index < -0.39 is 0 Å². The minimum absolute atomic E-state index is 0.500. The molecule has 146 valence electrons. The first-order valence-electron chi connectivity index (χ1n) is 9.45.